The number of carbonyl (C=O) groups excluding carboxylic acids is 1. The van der Waals surface area contributed by atoms with Crippen LogP contribution in [0.15, 0.2) is 58.4 Å². The smallest absolute Gasteiger partial charge is 0.264 e. The van der Waals surface area contributed by atoms with Crippen LogP contribution in [0.4, 0.5) is 5.69 Å². The molecule has 23 heavy (non-hydrogen) atoms. The van der Waals surface area contributed by atoms with Gasteiger partial charge in [-0.1, -0.05) is 29.8 Å². The average Bonchev–Trinajstić information content (AvgIpc) is 2.87. The lowest BCUT2D eigenvalue weighted by molar-refractivity contribution is -0.115. The largest absolute Gasteiger partial charge is 0.497 e. The second-order valence-electron chi connectivity index (χ2n) is 5.09. The van der Waals surface area contributed by atoms with Crippen LogP contribution in [0.2, 0.25) is 0 Å². The summed E-state index contributed by atoms with van der Waals surface area (Å²) in [6, 6.07) is 15.4. The fourth-order valence-electron chi connectivity index (χ4n) is 2.17. The van der Waals surface area contributed by atoms with Crippen molar-refractivity contribution in [3.05, 3.63) is 64.6 Å². The minimum absolute atomic E-state index is 0.122. The Morgan fingerprint density at radius 3 is 2.65 bits per heavy atom. The van der Waals surface area contributed by atoms with Gasteiger partial charge in [-0.05, 0) is 54.6 Å². The first-order valence-corrected chi connectivity index (χ1v) is 7.96. The molecular formula is C18H16N2O2S. The van der Waals surface area contributed by atoms with Crippen LogP contribution in [0.3, 0.4) is 0 Å². The zero-order chi connectivity index (χ0) is 16.2. The van der Waals surface area contributed by atoms with Crippen LogP contribution in [-0.2, 0) is 4.79 Å². The molecule has 0 radical (unpaired) electrons. The molecule has 0 aromatic heterocycles. The summed E-state index contributed by atoms with van der Waals surface area (Å²) >= 11 is 1.34. The molecule has 1 fully saturated rings. The third-order valence-electron chi connectivity index (χ3n) is 3.29. The highest BCUT2D eigenvalue weighted by Crippen LogP contribution is 2.28. The van der Waals surface area contributed by atoms with Gasteiger partial charge in [0.1, 0.15) is 5.75 Å². The highest BCUT2D eigenvalue weighted by atomic mass is 32.2. The van der Waals surface area contributed by atoms with Gasteiger partial charge in [-0.2, -0.15) is 0 Å². The van der Waals surface area contributed by atoms with Crippen LogP contribution < -0.4 is 10.1 Å². The first kappa shape index (κ1) is 15.4. The lowest BCUT2D eigenvalue weighted by atomic mass is 10.1. The minimum Gasteiger partial charge on any atom is -0.497 e. The SMILES string of the molecule is COc1ccc(N=C2NC(=O)/C(=C/c3cccc(C)c3)S2)cc1. The molecule has 4 nitrogen and oxygen atoms in total. The number of hydrogen-bond donors (Lipinski definition) is 1. The number of methoxy groups -OCH3 is 1. The van der Waals surface area contributed by atoms with Crippen molar-refractivity contribution in [1.29, 1.82) is 0 Å². The molecule has 3 rings (SSSR count). The molecule has 1 N–H and O–H groups in total. The molecular weight excluding hydrogens is 308 g/mol. The number of aliphatic imine (C=N–C) groups is 1. The summed E-state index contributed by atoms with van der Waals surface area (Å²) < 4.78 is 5.12. The van der Waals surface area contributed by atoms with Crippen LogP contribution in [0.1, 0.15) is 11.1 Å². The molecule has 1 aliphatic rings. The number of thioether (sulfide) groups is 1. The first-order valence-electron chi connectivity index (χ1n) is 7.14. The lowest BCUT2D eigenvalue weighted by Gasteiger charge is -1.99. The Balaban J connectivity index is 1.80. The van der Waals surface area contributed by atoms with E-state index < -0.39 is 0 Å². The Labute approximate surface area is 139 Å². The van der Waals surface area contributed by atoms with E-state index in [2.05, 4.69) is 10.3 Å². The normalized spacial score (nSPS) is 17.6. The van der Waals surface area contributed by atoms with Gasteiger partial charge in [-0.3, -0.25) is 4.79 Å². The Kier molecular flexibility index (Phi) is 4.48. The maximum absolute atomic E-state index is 12.1. The van der Waals surface area contributed by atoms with Gasteiger partial charge in [0.2, 0.25) is 0 Å². The van der Waals surface area contributed by atoms with Crippen molar-refractivity contribution in [2.45, 2.75) is 6.92 Å². The molecule has 0 unspecified atom stereocenters. The van der Waals surface area contributed by atoms with Gasteiger partial charge in [-0.25, -0.2) is 4.99 Å². The van der Waals surface area contributed by atoms with E-state index in [1.54, 1.807) is 7.11 Å². The van der Waals surface area contributed by atoms with Gasteiger partial charge in [-0.15, -0.1) is 0 Å². The second-order valence-corrected chi connectivity index (χ2v) is 6.12. The fourth-order valence-corrected chi connectivity index (χ4v) is 3.01. The van der Waals surface area contributed by atoms with Crippen molar-refractivity contribution in [1.82, 2.24) is 5.32 Å². The van der Waals surface area contributed by atoms with Crippen molar-refractivity contribution in [3.63, 3.8) is 0 Å². The number of amidine groups is 1. The summed E-state index contributed by atoms with van der Waals surface area (Å²) in [6.07, 6.45) is 1.88. The van der Waals surface area contributed by atoms with E-state index in [9.17, 15) is 4.79 Å². The number of carbonyl (C=O) groups is 1. The van der Waals surface area contributed by atoms with E-state index >= 15 is 0 Å². The zero-order valence-electron chi connectivity index (χ0n) is 12.9. The van der Waals surface area contributed by atoms with E-state index in [4.69, 9.17) is 4.74 Å². The standard InChI is InChI=1S/C18H16N2O2S/c1-12-4-3-5-13(10-12)11-16-17(21)20-18(23-16)19-14-6-8-15(22-2)9-7-14/h3-11H,1-2H3,(H,19,20,21)/b16-11-. The number of ether oxygens (including phenoxy) is 1. The molecule has 0 atom stereocenters. The topological polar surface area (TPSA) is 50.7 Å². The molecule has 1 saturated heterocycles. The van der Waals surface area contributed by atoms with E-state index in [1.165, 1.54) is 11.8 Å². The molecule has 0 saturated carbocycles. The van der Waals surface area contributed by atoms with Crippen LogP contribution in [0.25, 0.3) is 6.08 Å². The molecule has 0 spiro atoms. The molecule has 0 bridgehead atoms. The Bertz CT molecular complexity index is 795. The predicted octanol–water partition coefficient (Wildman–Crippen LogP) is 3.90. The van der Waals surface area contributed by atoms with Crippen LogP contribution in [0, 0.1) is 6.92 Å². The second kappa shape index (κ2) is 6.71. The fraction of sp³-hybridized carbons (Fsp3) is 0.111. The maximum Gasteiger partial charge on any atom is 0.264 e. The summed E-state index contributed by atoms with van der Waals surface area (Å²) in [6.45, 7) is 2.03. The molecule has 2 aromatic carbocycles. The number of nitrogens with one attached hydrogen (secondary N) is 1. The van der Waals surface area contributed by atoms with Crippen molar-refractivity contribution in [2.24, 2.45) is 4.99 Å². The summed E-state index contributed by atoms with van der Waals surface area (Å²) in [7, 11) is 1.62. The molecule has 2 aromatic rings. The van der Waals surface area contributed by atoms with Gasteiger partial charge in [0.25, 0.3) is 5.91 Å². The first-order chi connectivity index (χ1) is 11.1. The minimum atomic E-state index is -0.122. The zero-order valence-corrected chi connectivity index (χ0v) is 13.7. The summed E-state index contributed by atoms with van der Waals surface area (Å²) in [5.41, 5.74) is 2.94. The molecule has 1 aliphatic heterocycles. The Hall–Kier alpha value is -2.53. The van der Waals surface area contributed by atoms with E-state index in [0.29, 0.717) is 10.1 Å². The number of aryl methyl sites for hydroxylation is 1. The van der Waals surface area contributed by atoms with E-state index in [-0.39, 0.29) is 5.91 Å². The summed E-state index contributed by atoms with van der Waals surface area (Å²) in [5, 5.41) is 3.37. The van der Waals surface area contributed by atoms with Gasteiger partial charge in [0.15, 0.2) is 5.17 Å². The number of amides is 1. The van der Waals surface area contributed by atoms with E-state index in [0.717, 1.165) is 22.6 Å². The third kappa shape index (κ3) is 3.81. The molecule has 5 heteroatoms. The molecule has 0 aliphatic carbocycles. The average molecular weight is 324 g/mol. The van der Waals surface area contributed by atoms with Crippen molar-refractivity contribution >= 4 is 34.6 Å². The molecule has 1 heterocycles. The highest BCUT2D eigenvalue weighted by Gasteiger charge is 2.23. The van der Waals surface area contributed by atoms with Gasteiger partial charge in [0, 0.05) is 0 Å². The Morgan fingerprint density at radius 1 is 1.17 bits per heavy atom. The highest BCUT2D eigenvalue weighted by molar-refractivity contribution is 8.18. The number of rotatable bonds is 3. The van der Waals surface area contributed by atoms with Crippen LogP contribution in [0.5, 0.6) is 5.75 Å². The summed E-state index contributed by atoms with van der Waals surface area (Å²) in [4.78, 5) is 17.1. The number of hydrogen-bond acceptors (Lipinski definition) is 4. The van der Waals surface area contributed by atoms with Crippen molar-refractivity contribution < 1.29 is 9.53 Å². The third-order valence-corrected chi connectivity index (χ3v) is 4.20. The van der Waals surface area contributed by atoms with Gasteiger partial charge >= 0.3 is 0 Å². The van der Waals surface area contributed by atoms with E-state index in [1.807, 2.05) is 61.5 Å². The van der Waals surface area contributed by atoms with Gasteiger partial charge < -0.3 is 10.1 Å². The monoisotopic (exact) mass is 324 g/mol. The van der Waals surface area contributed by atoms with Crippen molar-refractivity contribution in [3.8, 4) is 5.75 Å². The number of nitrogens with zero attached hydrogens (tertiary/aromatic N) is 1. The molecule has 1 amide bonds. The van der Waals surface area contributed by atoms with Crippen LogP contribution >= 0.6 is 11.8 Å². The Morgan fingerprint density at radius 2 is 1.96 bits per heavy atom. The predicted molar refractivity (Wildman–Crippen MR) is 95.0 cm³/mol. The molecule has 116 valence electrons. The van der Waals surface area contributed by atoms with Crippen molar-refractivity contribution in [2.75, 3.05) is 7.11 Å². The summed E-state index contributed by atoms with van der Waals surface area (Å²) in [5.74, 6) is 0.654. The van der Waals surface area contributed by atoms with Gasteiger partial charge in [0.05, 0.1) is 17.7 Å². The quantitative estimate of drug-likeness (QED) is 0.871. The number of benzene rings is 2. The maximum atomic E-state index is 12.1. The lowest BCUT2D eigenvalue weighted by Crippen LogP contribution is -2.19. The van der Waals surface area contributed by atoms with Crippen LogP contribution in [-0.4, -0.2) is 18.2 Å².